The number of aliphatic hydroxyl groups excluding tert-OH is 1. The second-order valence-corrected chi connectivity index (χ2v) is 4.49. The van der Waals surface area contributed by atoms with Crippen molar-refractivity contribution >= 4 is 17.7 Å². The summed E-state index contributed by atoms with van der Waals surface area (Å²) >= 11 is 0. The Bertz CT molecular complexity index is 591. The number of hydrogen-bond donors (Lipinski definition) is 2. The van der Waals surface area contributed by atoms with Gasteiger partial charge in [-0.1, -0.05) is 30.3 Å². The van der Waals surface area contributed by atoms with E-state index in [0.717, 1.165) is 5.56 Å². The Morgan fingerprint density at radius 2 is 2.05 bits per heavy atom. The molecule has 1 atom stereocenters. The van der Waals surface area contributed by atoms with E-state index < -0.39 is 12.8 Å². The zero-order valence-electron chi connectivity index (χ0n) is 11.4. The molecule has 0 fully saturated rings. The van der Waals surface area contributed by atoms with Gasteiger partial charge in [-0.2, -0.15) is 0 Å². The predicted molar refractivity (Wildman–Crippen MR) is 81.2 cm³/mol. The van der Waals surface area contributed by atoms with E-state index in [1.54, 1.807) is 17.2 Å². The van der Waals surface area contributed by atoms with Crippen LogP contribution in [-0.4, -0.2) is 34.4 Å². The smallest absolute Gasteiger partial charge is 0.138 e. The summed E-state index contributed by atoms with van der Waals surface area (Å²) in [5, 5.41) is 9.53. The van der Waals surface area contributed by atoms with Crippen molar-refractivity contribution in [3.63, 3.8) is 0 Å². The van der Waals surface area contributed by atoms with Crippen molar-refractivity contribution in [3.05, 3.63) is 54.5 Å². The molecule has 0 aliphatic heterocycles. The van der Waals surface area contributed by atoms with Crippen molar-refractivity contribution in [3.8, 4) is 0 Å². The van der Waals surface area contributed by atoms with E-state index in [2.05, 4.69) is 9.97 Å². The molecule has 110 valence electrons. The number of hydrogen-bond acceptors (Lipinski definition) is 5. The molecule has 1 heterocycles. The molecule has 0 aliphatic carbocycles. The molecule has 0 bridgehead atoms. The highest BCUT2D eigenvalue weighted by atomic mass is 19.1. The van der Waals surface area contributed by atoms with Gasteiger partial charge < -0.3 is 15.7 Å². The molecule has 0 amide bonds. The summed E-state index contributed by atoms with van der Waals surface area (Å²) in [6.45, 7) is -0.744. The number of nitrogens with zero attached hydrogens (tertiary/aromatic N) is 3. The molecule has 0 spiro atoms. The quantitative estimate of drug-likeness (QED) is 0.848. The minimum absolute atomic E-state index is 0.0796. The lowest BCUT2D eigenvalue weighted by molar-refractivity contribution is 0.147. The second kappa shape index (κ2) is 7.35. The third kappa shape index (κ3) is 4.54. The van der Waals surface area contributed by atoms with Crippen LogP contribution in [0.2, 0.25) is 0 Å². The Morgan fingerprint density at radius 3 is 2.71 bits per heavy atom. The summed E-state index contributed by atoms with van der Waals surface area (Å²) in [5.41, 5.74) is 6.61. The number of benzene rings is 1. The Kier molecular flexibility index (Phi) is 5.22. The highest BCUT2D eigenvalue weighted by Gasteiger charge is 2.11. The number of halogens is 1. The maximum Gasteiger partial charge on any atom is 0.138 e. The topological polar surface area (TPSA) is 75.3 Å². The van der Waals surface area contributed by atoms with Crippen LogP contribution in [0.15, 0.2) is 48.9 Å². The first-order valence-corrected chi connectivity index (χ1v) is 6.50. The van der Waals surface area contributed by atoms with Gasteiger partial charge in [0, 0.05) is 12.3 Å². The molecule has 0 aliphatic rings. The SMILES string of the molecule is Nc1cc(N(/C=C/c2ccccc2)CC(O)CF)ncn1. The predicted octanol–water partition coefficient (Wildman–Crippen LogP) is 1.87. The maximum absolute atomic E-state index is 12.5. The number of aromatic nitrogens is 2. The third-order valence-electron chi connectivity index (χ3n) is 2.80. The molecule has 1 aromatic carbocycles. The fraction of sp³-hybridized carbons (Fsp3) is 0.200. The minimum atomic E-state index is -1.10. The Balaban J connectivity index is 2.22. The van der Waals surface area contributed by atoms with Gasteiger partial charge in [-0.25, -0.2) is 14.4 Å². The van der Waals surface area contributed by atoms with Crippen LogP contribution in [0.25, 0.3) is 6.08 Å². The molecule has 6 heteroatoms. The standard InChI is InChI=1S/C15H17FN4O/c16-9-13(21)10-20(15-8-14(17)18-11-19-15)7-6-12-4-2-1-3-5-12/h1-8,11,13,21H,9-10H2,(H2,17,18,19)/b7-6+. The molecule has 2 aromatic rings. The number of aliphatic hydroxyl groups is 1. The fourth-order valence-corrected chi connectivity index (χ4v) is 1.77. The van der Waals surface area contributed by atoms with Gasteiger partial charge in [0.25, 0.3) is 0 Å². The summed E-state index contributed by atoms with van der Waals surface area (Å²) < 4.78 is 12.5. The van der Waals surface area contributed by atoms with E-state index in [0.29, 0.717) is 11.6 Å². The summed E-state index contributed by atoms with van der Waals surface area (Å²) in [6.07, 6.45) is 3.82. The van der Waals surface area contributed by atoms with Crippen LogP contribution in [0.5, 0.6) is 0 Å². The highest BCUT2D eigenvalue weighted by molar-refractivity contribution is 5.56. The van der Waals surface area contributed by atoms with Crippen LogP contribution in [0.3, 0.4) is 0 Å². The first-order valence-electron chi connectivity index (χ1n) is 6.50. The van der Waals surface area contributed by atoms with E-state index in [4.69, 9.17) is 5.73 Å². The lowest BCUT2D eigenvalue weighted by atomic mass is 10.2. The number of rotatable bonds is 6. The van der Waals surface area contributed by atoms with Crippen molar-refractivity contribution in [1.82, 2.24) is 9.97 Å². The highest BCUT2D eigenvalue weighted by Crippen LogP contribution is 2.14. The van der Waals surface area contributed by atoms with Gasteiger partial charge in [0.1, 0.15) is 30.7 Å². The van der Waals surface area contributed by atoms with Gasteiger partial charge in [-0.15, -0.1) is 0 Å². The zero-order valence-corrected chi connectivity index (χ0v) is 11.4. The average Bonchev–Trinajstić information content (AvgIpc) is 2.52. The van der Waals surface area contributed by atoms with E-state index in [1.165, 1.54) is 6.33 Å². The summed E-state index contributed by atoms with van der Waals surface area (Å²) in [7, 11) is 0. The molecule has 1 unspecified atom stereocenters. The lowest BCUT2D eigenvalue weighted by Crippen LogP contribution is -2.30. The molecule has 21 heavy (non-hydrogen) atoms. The third-order valence-corrected chi connectivity index (χ3v) is 2.80. The van der Waals surface area contributed by atoms with Gasteiger partial charge in [0.15, 0.2) is 0 Å². The first kappa shape index (κ1) is 14.9. The van der Waals surface area contributed by atoms with Crippen LogP contribution in [0.4, 0.5) is 16.0 Å². The molecule has 3 N–H and O–H groups in total. The number of alkyl halides is 1. The van der Waals surface area contributed by atoms with Crippen LogP contribution in [0.1, 0.15) is 5.56 Å². The van der Waals surface area contributed by atoms with Gasteiger partial charge >= 0.3 is 0 Å². The Hall–Kier alpha value is -2.47. The van der Waals surface area contributed by atoms with E-state index >= 15 is 0 Å². The van der Waals surface area contributed by atoms with Crippen molar-refractivity contribution in [2.75, 3.05) is 23.9 Å². The number of nitrogen functional groups attached to an aromatic ring is 1. The van der Waals surface area contributed by atoms with Gasteiger partial charge in [-0.05, 0) is 11.6 Å². The van der Waals surface area contributed by atoms with Crippen molar-refractivity contribution in [2.45, 2.75) is 6.10 Å². The van der Waals surface area contributed by atoms with E-state index in [1.807, 2.05) is 36.4 Å². The summed E-state index contributed by atoms with van der Waals surface area (Å²) in [5.74, 6) is 0.815. The van der Waals surface area contributed by atoms with Crippen molar-refractivity contribution < 1.29 is 9.50 Å². The molecule has 1 aromatic heterocycles. The molecule has 0 radical (unpaired) electrons. The second-order valence-electron chi connectivity index (χ2n) is 4.49. The molecule has 0 saturated heterocycles. The Labute approximate surface area is 122 Å². The lowest BCUT2D eigenvalue weighted by Gasteiger charge is -2.21. The zero-order chi connectivity index (χ0) is 15.1. The summed E-state index contributed by atoms with van der Waals surface area (Å²) in [6, 6.07) is 11.2. The monoisotopic (exact) mass is 288 g/mol. The van der Waals surface area contributed by atoms with Crippen LogP contribution < -0.4 is 10.6 Å². The van der Waals surface area contributed by atoms with Crippen LogP contribution >= 0.6 is 0 Å². The molecule has 5 nitrogen and oxygen atoms in total. The van der Waals surface area contributed by atoms with E-state index in [-0.39, 0.29) is 6.54 Å². The van der Waals surface area contributed by atoms with Crippen molar-refractivity contribution in [1.29, 1.82) is 0 Å². The minimum Gasteiger partial charge on any atom is -0.389 e. The average molecular weight is 288 g/mol. The van der Waals surface area contributed by atoms with Crippen LogP contribution in [0, 0.1) is 0 Å². The van der Waals surface area contributed by atoms with Gasteiger partial charge in [0.2, 0.25) is 0 Å². The first-order chi connectivity index (χ1) is 10.2. The molecule has 0 saturated carbocycles. The number of nitrogens with two attached hydrogens (primary N) is 1. The van der Waals surface area contributed by atoms with Crippen molar-refractivity contribution in [2.24, 2.45) is 0 Å². The molecule has 2 rings (SSSR count). The van der Waals surface area contributed by atoms with Gasteiger partial charge in [-0.3, -0.25) is 0 Å². The molecular weight excluding hydrogens is 271 g/mol. The molecular formula is C15H17FN4O. The largest absolute Gasteiger partial charge is 0.389 e. The van der Waals surface area contributed by atoms with Crippen LogP contribution in [-0.2, 0) is 0 Å². The van der Waals surface area contributed by atoms with Gasteiger partial charge in [0.05, 0.1) is 6.54 Å². The number of anilines is 2. The van der Waals surface area contributed by atoms with E-state index in [9.17, 15) is 9.50 Å². The Morgan fingerprint density at radius 1 is 1.29 bits per heavy atom. The summed E-state index contributed by atoms with van der Waals surface area (Å²) in [4.78, 5) is 9.54. The maximum atomic E-state index is 12.5. The normalized spacial score (nSPS) is 12.5. The fourth-order valence-electron chi connectivity index (χ4n) is 1.77.